The lowest BCUT2D eigenvalue weighted by Gasteiger charge is -2.17. The number of hydrogen-bond acceptors (Lipinski definition) is 4. The highest BCUT2D eigenvalue weighted by atomic mass is 32.2. The molecule has 0 aliphatic carbocycles. The highest BCUT2D eigenvalue weighted by Crippen LogP contribution is 2.19. The van der Waals surface area contributed by atoms with Crippen LogP contribution in [0.3, 0.4) is 0 Å². The molecule has 0 atom stereocenters. The minimum Gasteiger partial charge on any atom is -0.497 e. The summed E-state index contributed by atoms with van der Waals surface area (Å²) in [6, 6.07) is 5.61. The molecule has 0 aliphatic heterocycles. The summed E-state index contributed by atoms with van der Waals surface area (Å²) in [6.45, 7) is -0.987. The number of nitrogens with zero attached hydrogens (tertiary/aromatic N) is 1. The summed E-state index contributed by atoms with van der Waals surface area (Å²) < 4.78 is 30.0. The third-order valence-electron chi connectivity index (χ3n) is 2.28. The Kier molecular flexibility index (Phi) is 4.92. The van der Waals surface area contributed by atoms with Gasteiger partial charge >= 0.3 is 5.97 Å². The van der Waals surface area contributed by atoms with E-state index in [9.17, 15) is 13.2 Å². The van der Waals surface area contributed by atoms with Crippen molar-refractivity contribution >= 4 is 16.0 Å². The molecule has 1 N–H and O–H groups in total. The predicted molar refractivity (Wildman–Crippen MR) is 68.2 cm³/mol. The lowest BCUT2D eigenvalue weighted by Crippen LogP contribution is -2.35. The Hall–Kier alpha value is -2.04. The van der Waals surface area contributed by atoms with Gasteiger partial charge < -0.3 is 9.84 Å². The van der Waals surface area contributed by atoms with Crippen molar-refractivity contribution in [3.8, 4) is 18.1 Å². The second kappa shape index (κ2) is 6.22. The van der Waals surface area contributed by atoms with Crippen LogP contribution in [0.5, 0.6) is 5.75 Å². The van der Waals surface area contributed by atoms with Crippen molar-refractivity contribution in [2.24, 2.45) is 0 Å². The normalized spacial score (nSPS) is 11.0. The molecule has 0 saturated heterocycles. The third kappa shape index (κ3) is 3.71. The zero-order chi connectivity index (χ0) is 14.5. The molecule has 1 rings (SSSR count). The number of rotatable bonds is 6. The quantitative estimate of drug-likeness (QED) is 0.764. The van der Waals surface area contributed by atoms with E-state index in [0.29, 0.717) is 5.75 Å². The summed E-state index contributed by atoms with van der Waals surface area (Å²) in [4.78, 5) is 10.6. The zero-order valence-corrected chi connectivity index (χ0v) is 11.1. The van der Waals surface area contributed by atoms with Gasteiger partial charge in [-0.2, -0.15) is 4.31 Å². The van der Waals surface area contributed by atoms with Gasteiger partial charge in [0.15, 0.2) is 0 Å². The SMILES string of the molecule is C#CCN(CC(=O)O)S(=O)(=O)c1ccc(OC)cc1. The van der Waals surface area contributed by atoms with Gasteiger partial charge in [-0.25, -0.2) is 8.42 Å². The van der Waals surface area contributed by atoms with Crippen LogP contribution in [0, 0.1) is 12.3 Å². The molecule has 0 bridgehead atoms. The van der Waals surface area contributed by atoms with Crippen molar-refractivity contribution in [1.82, 2.24) is 4.31 Å². The van der Waals surface area contributed by atoms with E-state index in [1.54, 1.807) is 0 Å². The van der Waals surface area contributed by atoms with Crippen LogP contribution in [0.25, 0.3) is 0 Å². The van der Waals surface area contributed by atoms with E-state index in [1.165, 1.54) is 31.4 Å². The lowest BCUT2D eigenvalue weighted by molar-refractivity contribution is -0.137. The maximum Gasteiger partial charge on any atom is 0.318 e. The molecular weight excluding hydrogens is 270 g/mol. The number of carbonyl (C=O) groups is 1. The fraction of sp³-hybridized carbons (Fsp3) is 0.250. The average molecular weight is 283 g/mol. The summed E-state index contributed by atoms with van der Waals surface area (Å²) in [7, 11) is -2.47. The van der Waals surface area contributed by atoms with E-state index in [2.05, 4.69) is 5.92 Å². The maximum absolute atomic E-state index is 12.2. The number of aliphatic carboxylic acids is 1. The number of hydrogen-bond donors (Lipinski definition) is 1. The molecule has 19 heavy (non-hydrogen) atoms. The molecule has 1 aromatic rings. The number of terminal acetylenes is 1. The van der Waals surface area contributed by atoms with Crippen LogP contribution in [-0.4, -0.2) is 44.0 Å². The molecule has 0 aliphatic rings. The molecular formula is C12H13NO5S. The highest BCUT2D eigenvalue weighted by molar-refractivity contribution is 7.89. The second-order valence-electron chi connectivity index (χ2n) is 3.55. The molecule has 0 unspecified atom stereocenters. The number of ether oxygens (including phenoxy) is 1. The maximum atomic E-state index is 12.2. The van der Waals surface area contributed by atoms with Crippen molar-refractivity contribution in [1.29, 1.82) is 0 Å². The largest absolute Gasteiger partial charge is 0.497 e. The van der Waals surface area contributed by atoms with Gasteiger partial charge in [0.1, 0.15) is 12.3 Å². The summed E-state index contributed by atoms with van der Waals surface area (Å²) >= 11 is 0. The highest BCUT2D eigenvalue weighted by Gasteiger charge is 2.25. The first kappa shape index (κ1) is 15.0. The van der Waals surface area contributed by atoms with Crippen LogP contribution in [0.2, 0.25) is 0 Å². The molecule has 1 aromatic carbocycles. The number of benzene rings is 1. The van der Waals surface area contributed by atoms with Gasteiger partial charge in [0.25, 0.3) is 0 Å². The van der Waals surface area contributed by atoms with Gasteiger partial charge in [-0.1, -0.05) is 5.92 Å². The van der Waals surface area contributed by atoms with E-state index in [1.807, 2.05) is 0 Å². The summed E-state index contributed by atoms with van der Waals surface area (Å²) in [5.41, 5.74) is 0. The molecule has 7 heteroatoms. The molecule has 0 spiro atoms. The Labute approximate surface area is 111 Å². The van der Waals surface area contributed by atoms with Crippen molar-refractivity contribution in [3.05, 3.63) is 24.3 Å². The first-order chi connectivity index (χ1) is 8.91. The van der Waals surface area contributed by atoms with Crippen molar-refractivity contribution in [2.75, 3.05) is 20.2 Å². The molecule has 102 valence electrons. The summed E-state index contributed by atoms with van der Waals surface area (Å²) in [5, 5.41) is 8.71. The molecule has 0 heterocycles. The predicted octanol–water partition coefficient (Wildman–Crippen LogP) is 0.404. The number of carboxylic acid groups (broad SMARTS) is 1. The molecule has 0 fully saturated rings. The monoisotopic (exact) mass is 283 g/mol. The summed E-state index contributed by atoms with van der Waals surface area (Å²) in [6.07, 6.45) is 5.06. The van der Waals surface area contributed by atoms with Crippen LogP contribution in [-0.2, 0) is 14.8 Å². The standard InChI is InChI=1S/C12H13NO5S/c1-3-8-13(9-12(14)15)19(16,17)11-6-4-10(18-2)5-7-11/h1,4-7H,8-9H2,2H3,(H,14,15). The smallest absolute Gasteiger partial charge is 0.318 e. The van der Waals surface area contributed by atoms with Gasteiger partial charge in [0, 0.05) is 0 Å². The van der Waals surface area contributed by atoms with Gasteiger partial charge in [0.05, 0.1) is 18.6 Å². The zero-order valence-electron chi connectivity index (χ0n) is 10.2. The van der Waals surface area contributed by atoms with Gasteiger partial charge in [0.2, 0.25) is 10.0 Å². The molecule has 6 nitrogen and oxygen atoms in total. The van der Waals surface area contributed by atoms with Gasteiger partial charge in [-0.15, -0.1) is 6.42 Å². The number of methoxy groups -OCH3 is 1. The first-order valence-corrected chi connectivity index (χ1v) is 6.65. The van der Waals surface area contributed by atoms with Crippen molar-refractivity contribution in [2.45, 2.75) is 4.90 Å². The van der Waals surface area contributed by atoms with Crippen LogP contribution >= 0.6 is 0 Å². The minimum absolute atomic E-state index is 0.0372. The Morgan fingerprint density at radius 1 is 1.42 bits per heavy atom. The first-order valence-electron chi connectivity index (χ1n) is 5.21. The van der Waals surface area contributed by atoms with E-state index >= 15 is 0 Å². The molecule has 0 amide bonds. The van der Waals surface area contributed by atoms with Crippen LogP contribution in [0.15, 0.2) is 29.2 Å². The number of carboxylic acids is 1. The summed E-state index contributed by atoms with van der Waals surface area (Å²) in [5.74, 6) is 1.36. The topological polar surface area (TPSA) is 83.9 Å². The third-order valence-corrected chi connectivity index (χ3v) is 4.08. The van der Waals surface area contributed by atoms with E-state index < -0.39 is 22.5 Å². The van der Waals surface area contributed by atoms with Gasteiger partial charge in [-0.05, 0) is 24.3 Å². The Morgan fingerprint density at radius 3 is 2.42 bits per heavy atom. The molecule has 0 aromatic heterocycles. The van der Waals surface area contributed by atoms with Crippen LogP contribution in [0.1, 0.15) is 0 Å². The van der Waals surface area contributed by atoms with E-state index in [0.717, 1.165) is 4.31 Å². The van der Waals surface area contributed by atoms with E-state index in [4.69, 9.17) is 16.3 Å². The van der Waals surface area contributed by atoms with Crippen LogP contribution in [0.4, 0.5) is 0 Å². The Balaban J connectivity index is 3.11. The molecule has 0 saturated carbocycles. The minimum atomic E-state index is -3.93. The Morgan fingerprint density at radius 2 is 2.00 bits per heavy atom. The van der Waals surface area contributed by atoms with E-state index in [-0.39, 0.29) is 11.4 Å². The molecule has 0 radical (unpaired) electrons. The lowest BCUT2D eigenvalue weighted by atomic mass is 10.3. The van der Waals surface area contributed by atoms with Crippen molar-refractivity contribution in [3.63, 3.8) is 0 Å². The average Bonchev–Trinajstić information content (AvgIpc) is 2.38. The second-order valence-corrected chi connectivity index (χ2v) is 5.48. The number of sulfonamides is 1. The van der Waals surface area contributed by atoms with Crippen LogP contribution < -0.4 is 4.74 Å². The van der Waals surface area contributed by atoms with Crippen molar-refractivity contribution < 1.29 is 23.1 Å². The van der Waals surface area contributed by atoms with Gasteiger partial charge in [-0.3, -0.25) is 4.79 Å². The fourth-order valence-corrected chi connectivity index (χ4v) is 2.68. The fourth-order valence-electron chi connectivity index (χ4n) is 1.38. The Bertz CT molecular complexity index is 586.